The number of benzene rings is 1. The number of halogens is 4. The first-order chi connectivity index (χ1) is 21.5. The lowest BCUT2D eigenvalue weighted by molar-refractivity contribution is -0.138. The van der Waals surface area contributed by atoms with Crippen molar-refractivity contribution in [2.24, 2.45) is 0 Å². The molecule has 3 heterocycles. The molecule has 2 aromatic heterocycles. The zero-order chi connectivity index (χ0) is 32.4. The predicted molar refractivity (Wildman–Crippen MR) is 153 cm³/mol. The van der Waals surface area contributed by atoms with Crippen molar-refractivity contribution < 1.29 is 36.9 Å². The molecule has 11 nitrogen and oxygen atoms in total. The van der Waals surface area contributed by atoms with Gasteiger partial charge in [0.2, 0.25) is 17.6 Å². The third-order valence-corrected chi connectivity index (χ3v) is 8.44. The zero-order valence-electron chi connectivity index (χ0n) is 23.7. The van der Waals surface area contributed by atoms with Gasteiger partial charge in [-0.25, -0.2) is 14.9 Å². The summed E-state index contributed by atoms with van der Waals surface area (Å²) >= 11 is 5.56. The van der Waals surface area contributed by atoms with Gasteiger partial charge < -0.3 is 9.42 Å². The van der Waals surface area contributed by atoms with Gasteiger partial charge in [-0.15, -0.1) is 0 Å². The van der Waals surface area contributed by atoms with Crippen LogP contribution in [0.5, 0.6) is 0 Å². The van der Waals surface area contributed by atoms with Crippen molar-refractivity contribution >= 4 is 34.8 Å². The van der Waals surface area contributed by atoms with E-state index in [9.17, 15) is 22.8 Å². The van der Waals surface area contributed by atoms with Gasteiger partial charge in [0.15, 0.2) is 10.8 Å². The monoisotopic (exact) mass is 645 g/mol. The average Bonchev–Trinajstić information content (AvgIpc) is 3.55. The van der Waals surface area contributed by atoms with Crippen LogP contribution in [-0.4, -0.2) is 47.7 Å². The number of anilines is 1. The molecule has 3 aromatic rings. The number of carbonyl (C=O) groups is 2. The lowest BCUT2D eigenvalue weighted by Crippen LogP contribution is -2.54. The minimum Gasteiger partial charge on any atom is -0.339 e. The van der Waals surface area contributed by atoms with E-state index in [1.54, 1.807) is 16.4 Å². The molecular weight excluding hydrogens is 618 g/mol. The first-order valence-corrected chi connectivity index (χ1v) is 14.6. The number of rotatable bonds is 11. The number of hydrogen-bond acceptors (Lipinski definition) is 9. The molecule has 1 saturated heterocycles. The summed E-state index contributed by atoms with van der Waals surface area (Å²) in [6.45, 7) is -0.111. The molecule has 2 N–H and O–H groups in total. The second-order valence-corrected chi connectivity index (χ2v) is 11.2. The number of unbranched alkanes of at least 4 members (excludes halogenated alkanes) is 3. The average molecular weight is 646 g/mol. The summed E-state index contributed by atoms with van der Waals surface area (Å²) in [5.74, 6) is -1.00. The van der Waals surface area contributed by atoms with Crippen molar-refractivity contribution in [1.29, 1.82) is 5.26 Å². The van der Waals surface area contributed by atoms with Crippen molar-refractivity contribution in [3.63, 3.8) is 0 Å². The lowest BCUT2D eigenvalue weighted by atomic mass is 9.75. The van der Waals surface area contributed by atoms with E-state index in [0.717, 1.165) is 30.4 Å². The summed E-state index contributed by atoms with van der Waals surface area (Å²) in [6.07, 6.45) is 1.28. The molecule has 236 valence electrons. The van der Waals surface area contributed by atoms with Gasteiger partial charge in [0, 0.05) is 30.5 Å². The number of hydrogen-bond donors (Lipinski definition) is 2. The molecule has 2 aliphatic rings. The number of thiocarbonyl (C=S) groups is 1. The molecule has 5 rings (SSSR count). The molecule has 1 aliphatic carbocycles. The van der Waals surface area contributed by atoms with E-state index in [2.05, 4.69) is 15.1 Å². The van der Waals surface area contributed by atoms with Crippen LogP contribution in [0.25, 0.3) is 11.4 Å². The fourth-order valence-corrected chi connectivity index (χ4v) is 5.90. The summed E-state index contributed by atoms with van der Waals surface area (Å²) < 4.78 is 61.5. The number of nitrogens with zero attached hydrogens (tertiary/aromatic N) is 6. The van der Waals surface area contributed by atoms with Crippen LogP contribution in [0, 0.1) is 17.1 Å². The molecule has 1 aliphatic heterocycles. The Bertz CT molecular complexity index is 1670. The van der Waals surface area contributed by atoms with E-state index in [1.165, 1.54) is 18.2 Å². The van der Waals surface area contributed by atoms with Crippen LogP contribution < -0.4 is 10.4 Å². The van der Waals surface area contributed by atoms with E-state index in [-0.39, 0.29) is 35.2 Å². The fraction of sp³-hybridized carbons (Fsp3) is 0.414. The summed E-state index contributed by atoms with van der Waals surface area (Å²) in [7, 11) is 0. The second-order valence-electron chi connectivity index (χ2n) is 10.9. The summed E-state index contributed by atoms with van der Waals surface area (Å²) in [6, 6.07) is 6.45. The van der Waals surface area contributed by atoms with Crippen LogP contribution in [0.2, 0.25) is 0 Å². The number of pyridine rings is 1. The summed E-state index contributed by atoms with van der Waals surface area (Å²) in [5, 5.41) is 21.5. The third kappa shape index (κ3) is 6.36. The fourth-order valence-electron chi connectivity index (χ4n) is 5.47. The number of nitriles is 1. The van der Waals surface area contributed by atoms with Gasteiger partial charge in [-0.3, -0.25) is 19.7 Å². The summed E-state index contributed by atoms with van der Waals surface area (Å²) in [5.41, 5.74) is -1.29. The molecule has 0 atom stereocenters. The molecule has 45 heavy (non-hydrogen) atoms. The highest BCUT2D eigenvalue weighted by Gasteiger charge is 2.59. The molecule has 1 saturated carbocycles. The van der Waals surface area contributed by atoms with E-state index >= 15 is 4.39 Å². The first kappa shape index (κ1) is 31.9. The van der Waals surface area contributed by atoms with Crippen LogP contribution >= 0.6 is 12.2 Å². The van der Waals surface area contributed by atoms with Gasteiger partial charge in [-0.1, -0.05) is 30.1 Å². The molecule has 16 heteroatoms. The van der Waals surface area contributed by atoms with E-state index in [4.69, 9.17) is 27.2 Å². The maximum absolute atomic E-state index is 15.4. The number of carbonyl (C=O) groups excluding carboxylic acids is 2. The molecule has 0 radical (unpaired) electrons. The van der Waals surface area contributed by atoms with Crippen LogP contribution in [0.3, 0.4) is 0 Å². The smallest absolute Gasteiger partial charge is 0.339 e. The molecule has 2 fully saturated rings. The summed E-state index contributed by atoms with van der Waals surface area (Å²) in [4.78, 5) is 35.1. The van der Waals surface area contributed by atoms with Crippen LogP contribution in [0.4, 0.5) is 23.2 Å². The van der Waals surface area contributed by atoms with Crippen LogP contribution in [0.15, 0.2) is 35.0 Å². The number of amides is 2. The van der Waals surface area contributed by atoms with Crippen LogP contribution in [0.1, 0.15) is 74.1 Å². The van der Waals surface area contributed by atoms with Crippen LogP contribution in [-0.2, 0) is 28.7 Å². The number of hydroxylamine groups is 1. The molecule has 2 amide bonds. The van der Waals surface area contributed by atoms with Gasteiger partial charge in [-0.2, -0.15) is 23.4 Å². The van der Waals surface area contributed by atoms with Gasteiger partial charge in [0.1, 0.15) is 17.4 Å². The molecule has 1 spiro atoms. The van der Waals surface area contributed by atoms with Crippen molar-refractivity contribution in [3.8, 4) is 17.5 Å². The normalized spacial score (nSPS) is 15.8. The number of aromatic nitrogens is 3. The van der Waals surface area contributed by atoms with Crippen molar-refractivity contribution in [3.05, 3.63) is 59.0 Å². The Hall–Kier alpha value is -4.49. The predicted octanol–water partition coefficient (Wildman–Crippen LogP) is 5.22. The Labute approximate surface area is 259 Å². The molecule has 0 unspecified atom stereocenters. The Morgan fingerprint density at radius 2 is 1.96 bits per heavy atom. The Morgan fingerprint density at radius 3 is 2.60 bits per heavy atom. The minimum atomic E-state index is -4.88. The molecule has 1 aromatic carbocycles. The third-order valence-electron chi connectivity index (χ3n) is 8.04. The quantitative estimate of drug-likeness (QED) is 0.0935. The molecule has 0 bridgehead atoms. The Kier molecular flexibility index (Phi) is 9.12. The maximum atomic E-state index is 15.4. The first-order valence-electron chi connectivity index (χ1n) is 14.2. The van der Waals surface area contributed by atoms with Crippen molar-refractivity contribution in [1.82, 2.24) is 25.5 Å². The largest absolute Gasteiger partial charge is 0.419 e. The highest BCUT2D eigenvalue weighted by Crippen LogP contribution is 2.47. The number of nitrogens with one attached hydrogen (secondary N) is 1. The highest BCUT2D eigenvalue weighted by atomic mass is 32.1. The van der Waals surface area contributed by atoms with Gasteiger partial charge in [0.25, 0.3) is 5.91 Å². The van der Waals surface area contributed by atoms with Gasteiger partial charge >= 0.3 is 6.18 Å². The topological polar surface area (TPSA) is 148 Å². The maximum Gasteiger partial charge on any atom is 0.419 e. The minimum absolute atomic E-state index is 0.0812. The standard InChI is InChI=1S/C29H27F4N7O4S/c30-21-12-17(25-36-24(44-38-25)7-4-2-1-3-6-23(41)37-43)8-9-18(21)16-39-27(45)40(26(42)28(39)10-5-11-28)19-13-20(29(31,32)33)22(14-34)35-15-19/h8-9,12-13,15,43H,1-7,10-11,16H2,(H,37,41). The van der Waals surface area contributed by atoms with Crippen molar-refractivity contribution in [2.75, 3.05) is 4.90 Å². The van der Waals surface area contributed by atoms with Gasteiger partial charge in [-0.05, 0) is 56.5 Å². The number of aryl methyl sites for hydroxylation is 1. The van der Waals surface area contributed by atoms with Crippen molar-refractivity contribution in [2.45, 2.75) is 76.0 Å². The SMILES string of the molecule is N#Cc1ncc(N2C(=O)C3(CCC3)N(Cc3ccc(-c4noc(CCCCCCC(=O)NO)n4)cc3F)C2=S)cc1C(F)(F)F. The zero-order valence-corrected chi connectivity index (χ0v) is 24.5. The van der Waals surface area contributed by atoms with E-state index < -0.39 is 40.6 Å². The van der Waals surface area contributed by atoms with Gasteiger partial charge in [0.05, 0.1) is 17.4 Å². The van der Waals surface area contributed by atoms with E-state index in [1.807, 2.05) is 0 Å². The molecular formula is C29H27F4N7O4S. The Balaban J connectivity index is 1.28. The highest BCUT2D eigenvalue weighted by molar-refractivity contribution is 7.80. The lowest BCUT2D eigenvalue weighted by Gasteiger charge is -2.43. The Morgan fingerprint density at radius 1 is 1.20 bits per heavy atom. The number of alkyl halides is 3. The second kappa shape index (κ2) is 12.9. The van der Waals surface area contributed by atoms with E-state index in [0.29, 0.717) is 49.6 Å².